The first-order valence-electron chi connectivity index (χ1n) is 5.40. The van der Waals surface area contributed by atoms with E-state index in [1.54, 1.807) is 7.11 Å². The summed E-state index contributed by atoms with van der Waals surface area (Å²) in [5.41, 5.74) is 5.88. The van der Waals surface area contributed by atoms with Crippen LogP contribution in [0.5, 0.6) is 0 Å². The Bertz CT molecular complexity index is 505. The maximum atomic E-state index is 12.0. The summed E-state index contributed by atoms with van der Waals surface area (Å²) in [4.78, 5) is 0.103. The fourth-order valence-corrected chi connectivity index (χ4v) is 2.79. The van der Waals surface area contributed by atoms with E-state index >= 15 is 0 Å². The minimum Gasteiger partial charge on any atom is -0.398 e. The molecular formula is C11H17ClN2O3S. The van der Waals surface area contributed by atoms with Crippen molar-refractivity contribution in [1.82, 2.24) is 4.72 Å². The van der Waals surface area contributed by atoms with Gasteiger partial charge in [0, 0.05) is 20.3 Å². The van der Waals surface area contributed by atoms with E-state index in [0.717, 1.165) is 0 Å². The van der Waals surface area contributed by atoms with Crippen molar-refractivity contribution in [2.24, 2.45) is 5.92 Å². The van der Waals surface area contributed by atoms with E-state index in [2.05, 4.69) is 4.72 Å². The van der Waals surface area contributed by atoms with Gasteiger partial charge < -0.3 is 10.5 Å². The van der Waals surface area contributed by atoms with Gasteiger partial charge in [-0.25, -0.2) is 13.1 Å². The molecule has 0 saturated heterocycles. The Kier molecular flexibility index (Phi) is 5.40. The molecule has 0 aliphatic carbocycles. The van der Waals surface area contributed by atoms with Gasteiger partial charge in [-0.05, 0) is 24.1 Å². The number of methoxy groups -OCH3 is 1. The molecule has 5 nitrogen and oxygen atoms in total. The molecule has 0 aromatic heterocycles. The molecule has 0 heterocycles. The standard InChI is InChI=1S/C11H17ClN2O3S/c1-8(7-17-2)6-14-18(15,16)9-3-4-11(13)10(12)5-9/h3-5,8,14H,6-7,13H2,1-2H3. The third-order valence-corrected chi connectivity index (χ3v) is 4.10. The molecule has 0 saturated carbocycles. The van der Waals surface area contributed by atoms with Crippen molar-refractivity contribution in [3.63, 3.8) is 0 Å². The SMILES string of the molecule is COCC(C)CNS(=O)(=O)c1ccc(N)c(Cl)c1. The summed E-state index contributed by atoms with van der Waals surface area (Å²) in [5, 5.41) is 0.225. The number of hydrogen-bond acceptors (Lipinski definition) is 4. The number of nitrogen functional groups attached to an aromatic ring is 1. The zero-order valence-electron chi connectivity index (χ0n) is 10.3. The predicted molar refractivity (Wildman–Crippen MR) is 72.1 cm³/mol. The van der Waals surface area contributed by atoms with Gasteiger partial charge >= 0.3 is 0 Å². The normalized spacial score (nSPS) is 13.5. The van der Waals surface area contributed by atoms with Crippen LogP contribution < -0.4 is 10.5 Å². The minimum absolute atomic E-state index is 0.0917. The van der Waals surface area contributed by atoms with Crippen molar-refractivity contribution < 1.29 is 13.2 Å². The number of nitrogens with two attached hydrogens (primary N) is 1. The number of anilines is 1. The third-order valence-electron chi connectivity index (χ3n) is 2.36. The number of hydrogen-bond donors (Lipinski definition) is 2. The van der Waals surface area contributed by atoms with Crippen molar-refractivity contribution in [2.45, 2.75) is 11.8 Å². The molecular weight excluding hydrogens is 276 g/mol. The maximum absolute atomic E-state index is 12.0. The predicted octanol–water partition coefficient (Wildman–Crippen LogP) is 1.48. The number of halogens is 1. The second kappa shape index (κ2) is 6.38. The second-order valence-electron chi connectivity index (χ2n) is 4.10. The summed E-state index contributed by atoms with van der Waals surface area (Å²) < 4.78 is 31.3. The van der Waals surface area contributed by atoms with Gasteiger partial charge in [-0.1, -0.05) is 18.5 Å². The molecule has 0 amide bonds. The van der Waals surface area contributed by atoms with Gasteiger partial charge in [-0.2, -0.15) is 0 Å². The second-order valence-corrected chi connectivity index (χ2v) is 6.27. The van der Waals surface area contributed by atoms with Crippen molar-refractivity contribution in [1.29, 1.82) is 0 Å². The van der Waals surface area contributed by atoms with E-state index in [0.29, 0.717) is 18.8 Å². The summed E-state index contributed by atoms with van der Waals surface area (Å²) >= 11 is 5.80. The Morgan fingerprint density at radius 3 is 2.72 bits per heavy atom. The minimum atomic E-state index is -3.56. The zero-order valence-corrected chi connectivity index (χ0v) is 11.9. The van der Waals surface area contributed by atoms with Crippen molar-refractivity contribution in [3.8, 4) is 0 Å². The van der Waals surface area contributed by atoms with Gasteiger partial charge in [-0.3, -0.25) is 0 Å². The lowest BCUT2D eigenvalue weighted by Crippen LogP contribution is -2.30. The van der Waals surface area contributed by atoms with Gasteiger partial charge in [0.1, 0.15) is 0 Å². The Balaban J connectivity index is 2.77. The molecule has 0 aliphatic heterocycles. The number of sulfonamides is 1. The zero-order chi connectivity index (χ0) is 13.8. The van der Waals surface area contributed by atoms with Crippen LogP contribution in [0.25, 0.3) is 0 Å². The van der Waals surface area contributed by atoms with Crippen LogP contribution in [0.4, 0.5) is 5.69 Å². The molecule has 0 fully saturated rings. The van der Waals surface area contributed by atoms with E-state index in [-0.39, 0.29) is 15.8 Å². The Labute approximate surface area is 112 Å². The molecule has 0 radical (unpaired) electrons. The molecule has 18 heavy (non-hydrogen) atoms. The molecule has 1 atom stereocenters. The lowest BCUT2D eigenvalue weighted by molar-refractivity contribution is 0.161. The van der Waals surface area contributed by atoms with Crippen LogP contribution >= 0.6 is 11.6 Å². The van der Waals surface area contributed by atoms with Gasteiger partial charge in [-0.15, -0.1) is 0 Å². The Hall–Kier alpha value is -0.820. The largest absolute Gasteiger partial charge is 0.398 e. The Morgan fingerprint density at radius 1 is 1.50 bits per heavy atom. The first kappa shape index (κ1) is 15.2. The van der Waals surface area contributed by atoms with E-state index in [4.69, 9.17) is 22.1 Å². The molecule has 102 valence electrons. The maximum Gasteiger partial charge on any atom is 0.240 e. The van der Waals surface area contributed by atoms with Gasteiger partial charge in [0.05, 0.1) is 15.6 Å². The molecule has 7 heteroatoms. The number of ether oxygens (including phenoxy) is 1. The quantitative estimate of drug-likeness (QED) is 0.778. The number of benzene rings is 1. The van der Waals surface area contributed by atoms with E-state index in [1.165, 1.54) is 18.2 Å². The number of rotatable bonds is 6. The monoisotopic (exact) mass is 292 g/mol. The number of nitrogens with one attached hydrogen (secondary N) is 1. The molecule has 0 bridgehead atoms. The fraction of sp³-hybridized carbons (Fsp3) is 0.455. The van der Waals surface area contributed by atoms with Gasteiger partial charge in [0.25, 0.3) is 0 Å². The molecule has 1 unspecified atom stereocenters. The summed E-state index contributed by atoms with van der Waals surface area (Å²) in [7, 11) is -1.98. The summed E-state index contributed by atoms with van der Waals surface area (Å²) in [5.74, 6) is 0.0917. The van der Waals surface area contributed by atoms with E-state index in [1.807, 2.05) is 6.92 Å². The first-order chi connectivity index (χ1) is 8.36. The Morgan fingerprint density at radius 2 is 2.17 bits per heavy atom. The summed E-state index contributed by atoms with van der Waals surface area (Å²) in [6.07, 6.45) is 0. The van der Waals surface area contributed by atoms with Crippen molar-refractivity contribution in [3.05, 3.63) is 23.2 Å². The topological polar surface area (TPSA) is 81.4 Å². The molecule has 1 aromatic rings. The van der Waals surface area contributed by atoms with Crippen molar-refractivity contribution in [2.75, 3.05) is 26.0 Å². The van der Waals surface area contributed by atoms with E-state index in [9.17, 15) is 8.42 Å². The lowest BCUT2D eigenvalue weighted by Gasteiger charge is -2.12. The fourth-order valence-electron chi connectivity index (χ4n) is 1.35. The summed E-state index contributed by atoms with van der Waals surface area (Å²) in [6, 6.07) is 4.22. The molecule has 1 aromatic carbocycles. The smallest absolute Gasteiger partial charge is 0.240 e. The van der Waals surface area contributed by atoms with Crippen LogP contribution in [0.2, 0.25) is 5.02 Å². The lowest BCUT2D eigenvalue weighted by atomic mass is 10.2. The van der Waals surface area contributed by atoms with Gasteiger partial charge in [0.2, 0.25) is 10.0 Å². The van der Waals surface area contributed by atoms with Gasteiger partial charge in [0.15, 0.2) is 0 Å². The van der Waals surface area contributed by atoms with Crippen molar-refractivity contribution >= 4 is 27.3 Å². The van der Waals surface area contributed by atoms with Crippen LogP contribution in [-0.4, -0.2) is 28.7 Å². The third kappa shape index (κ3) is 4.13. The van der Waals surface area contributed by atoms with Crippen LogP contribution in [-0.2, 0) is 14.8 Å². The molecule has 1 rings (SSSR count). The average Bonchev–Trinajstić information content (AvgIpc) is 2.30. The first-order valence-corrected chi connectivity index (χ1v) is 7.26. The van der Waals surface area contributed by atoms with E-state index < -0.39 is 10.0 Å². The molecule has 0 aliphatic rings. The highest BCUT2D eigenvalue weighted by Crippen LogP contribution is 2.22. The average molecular weight is 293 g/mol. The highest BCUT2D eigenvalue weighted by molar-refractivity contribution is 7.89. The van der Waals surface area contributed by atoms with Crippen LogP contribution in [0.3, 0.4) is 0 Å². The molecule has 3 N–H and O–H groups in total. The van der Waals surface area contributed by atoms with Crippen LogP contribution in [0.15, 0.2) is 23.1 Å². The highest BCUT2D eigenvalue weighted by atomic mass is 35.5. The molecule has 0 spiro atoms. The summed E-state index contributed by atoms with van der Waals surface area (Å²) in [6.45, 7) is 2.69. The highest BCUT2D eigenvalue weighted by Gasteiger charge is 2.16. The van der Waals surface area contributed by atoms with Crippen LogP contribution in [0, 0.1) is 5.92 Å². The van der Waals surface area contributed by atoms with Crippen LogP contribution in [0.1, 0.15) is 6.92 Å².